The van der Waals surface area contributed by atoms with Crippen LogP contribution < -0.4 is 5.73 Å². The second kappa shape index (κ2) is 5.70. The zero-order chi connectivity index (χ0) is 13.0. The second-order valence-electron chi connectivity index (χ2n) is 3.91. The van der Waals surface area contributed by atoms with Gasteiger partial charge < -0.3 is 15.0 Å². The fourth-order valence-corrected chi connectivity index (χ4v) is 1.42. The van der Waals surface area contributed by atoms with Gasteiger partial charge in [0, 0.05) is 18.5 Å². The van der Waals surface area contributed by atoms with Gasteiger partial charge in [-0.15, -0.1) is 0 Å². The number of ether oxygens (including phenoxy) is 1. The monoisotopic (exact) mass is 248 g/mol. The molecule has 2 aromatic heterocycles. The molecule has 0 saturated carbocycles. The van der Waals surface area contributed by atoms with Gasteiger partial charge in [-0.2, -0.15) is 4.98 Å². The molecule has 0 spiro atoms. The molecule has 0 saturated heterocycles. The molecule has 96 valence electrons. The quantitative estimate of drug-likeness (QED) is 0.862. The number of hydrogen-bond donors (Lipinski definition) is 1. The fourth-order valence-electron chi connectivity index (χ4n) is 1.42. The third-order valence-electron chi connectivity index (χ3n) is 2.43. The van der Waals surface area contributed by atoms with E-state index in [1.54, 1.807) is 6.20 Å². The van der Waals surface area contributed by atoms with Crippen molar-refractivity contribution in [2.45, 2.75) is 19.9 Å². The number of aryl methyl sites for hydroxylation is 1. The number of pyridine rings is 1. The van der Waals surface area contributed by atoms with Crippen molar-refractivity contribution < 1.29 is 9.26 Å². The van der Waals surface area contributed by atoms with Gasteiger partial charge in [-0.3, -0.25) is 4.98 Å². The maximum atomic E-state index is 5.87. The molecule has 0 amide bonds. The second-order valence-corrected chi connectivity index (χ2v) is 3.91. The minimum Gasteiger partial charge on any atom is -0.380 e. The summed E-state index contributed by atoms with van der Waals surface area (Å²) in [6.45, 7) is 4.81. The van der Waals surface area contributed by atoms with Crippen LogP contribution in [0.4, 0.5) is 0 Å². The molecule has 0 aliphatic heterocycles. The van der Waals surface area contributed by atoms with E-state index in [-0.39, 0.29) is 6.04 Å². The van der Waals surface area contributed by atoms with Gasteiger partial charge in [0.15, 0.2) is 5.82 Å². The van der Waals surface area contributed by atoms with E-state index in [0.29, 0.717) is 24.9 Å². The van der Waals surface area contributed by atoms with Gasteiger partial charge in [-0.05, 0) is 26.0 Å². The Labute approximate surface area is 105 Å². The molecule has 6 nitrogen and oxygen atoms in total. The predicted octanol–water partition coefficient (Wildman–Crippen LogP) is 1.48. The summed E-state index contributed by atoms with van der Waals surface area (Å²) < 4.78 is 10.4. The lowest BCUT2D eigenvalue weighted by molar-refractivity contribution is 0.130. The van der Waals surface area contributed by atoms with Crippen LogP contribution in [0.15, 0.2) is 22.9 Å². The summed E-state index contributed by atoms with van der Waals surface area (Å²) in [6.07, 6.45) is 1.70. The van der Waals surface area contributed by atoms with Crippen molar-refractivity contribution in [1.82, 2.24) is 15.1 Å². The Bertz CT molecular complexity index is 495. The lowest BCUT2D eigenvalue weighted by atomic mass is 10.2. The standard InChI is InChI=1S/C12H16N4O2/c1-3-17-7-10(13)11-15-12(18-16-11)9-5-4-8(2)14-6-9/h4-6,10H,3,7,13H2,1-2H3. The topological polar surface area (TPSA) is 87.1 Å². The number of hydrogen-bond acceptors (Lipinski definition) is 6. The van der Waals surface area contributed by atoms with Gasteiger partial charge in [0.2, 0.25) is 0 Å². The Morgan fingerprint density at radius 2 is 2.28 bits per heavy atom. The van der Waals surface area contributed by atoms with E-state index in [1.807, 2.05) is 26.0 Å². The average Bonchev–Trinajstić information content (AvgIpc) is 2.86. The SMILES string of the molecule is CCOCC(N)c1noc(-c2ccc(C)nc2)n1. The van der Waals surface area contributed by atoms with Gasteiger partial charge in [-0.1, -0.05) is 5.16 Å². The van der Waals surface area contributed by atoms with Crippen LogP contribution >= 0.6 is 0 Å². The molecule has 2 N–H and O–H groups in total. The number of nitrogens with zero attached hydrogens (tertiary/aromatic N) is 3. The van der Waals surface area contributed by atoms with Crippen molar-refractivity contribution in [3.05, 3.63) is 29.8 Å². The predicted molar refractivity (Wildman–Crippen MR) is 65.7 cm³/mol. The minimum absolute atomic E-state index is 0.374. The van der Waals surface area contributed by atoms with Crippen LogP contribution in [0.2, 0.25) is 0 Å². The van der Waals surface area contributed by atoms with Crippen LogP contribution in [0.25, 0.3) is 11.5 Å². The maximum absolute atomic E-state index is 5.87. The van der Waals surface area contributed by atoms with Crippen LogP contribution in [-0.2, 0) is 4.74 Å². The first-order valence-corrected chi connectivity index (χ1v) is 5.80. The maximum Gasteiger partial charge on any atom is 0.259 e. The molecule has 0 bridgehead atoms. The highest BCUT2D eigenvalue weighted by Gasteiger charge is 2.15. The molecule has 2 aromatic rings. The van der Waals surface area contributed by atoms with Crippen LogP contribution in [0.5, 0.6) is 0 Å². The van der Waals surface area contributed by atoms with Crippen molar-refractivity contribution in [2.24, 2.45) is 5.73 Å². The van der Waals surface area contributed by atoms with Crippen LogP contribution in [0.3, 0.4) is 0 Å². The van der Waals surface area contributed by atoms with Crippen LogP contribution in [0, 0.1) is 6.92 Å². The summed E-state index contributed by atoms with van der Waals surface area (Å²) in [6, 6.07) is 3.40. The Balaban J connectivity index is 2.12. The Morgan fingerprint density at radius 3 is 2.94 bits per heavy atom. The molecule has 6 heteroatoms. The van der Waals surface area contributed by atoms with Gasteiger partial charge >= 0.3 is 0 Å². The van der Waals surface area contributed by atoms with E-state index in [0.717, 1.165) is 11.3 Å². The van der Waals surface area contributed by atoms with Gasteiger partial charge in [0.25, 0.3) is 5.89 Å². The Hall–Kier alpha value is -1.79. The van der Waals surface area contributed by atoms with Gasteiger partial charge in [-0.25, -0.2) is 0 Å². The summed E-state index contributed by atoms with van der Waals surface area (Å²) in [5, 5.41) is 3.85. The molecule has 0 aliphatic rings. The summed E-state index contributed by atoms with van der Waals surface area (Å²) in [5.74, 6) is 0.864. The molecule has 2 rings (SSSR count). The van der Waals surface area contributed by atoms with Crippen LogP contribution in [0.1, 0.15) is 24.5 Å². The van der Waals surface area contributed by atoms with E-state index >= 15 is 0 Å². The normalized spacial score (nSPS) is 12.6. The molecule has 0 aromatic carbocycles. The number of nitrogens with two attached hydrogens (primary N) is 1. The molecule has 0 radical (unpaired) electrons. The first kappa shape index (κ1) is 12.7. The van der Waals surface area contributed by atoms with Crippen molar-refractivity contribution in [3.63, 3.8) is 0 Å². The smallest absolute Gasteiger partial charge is 0.259 e. The zero-order valence-corrected chi connectivity index (χ0v) is 10.5. The van der Waals surface area contributed by atoms with Crippen molar-refractivity contribution in [2.75, 3.05) is 13.2 Å². The summed E-state index contributed by atoms with van der Waals surface area (Å²) in [5.41, 5.74) is 7.59. The van der Waals surface area contributed by atoms with Gasteiger partial charge in [0.05, 0.1) is 18.2 Å². The van der Waals surface area contributed by atoms with Gasteiger partial charge in [0.1, 0.15) is 0 Å². The first-order chi connectivity index (χ1) is 8.70. The molecule has 0 aliphatic carbocycles. The van der Waals surface area contributed by atoms with Crippen molar-refractivity contribution in [3.8, 4) is 11.5 Å². The van der Waals surface area contributed by atoms with Crippen molar-refractivity contribution in [1.29, 1.82) is 0 Å². The van der Waals surface area contributed by atoms with Crippen LogP contribution in [-0.4, -0.2) is 28.3 Å². The van der Waals surface area contributed by atoms with E-state index in [2.05, 4.69) is 15.1 Å². The summed E-state index contributed by atoms with van der Waals surface area (Å²) in [7, 11) is 0. The third kappa shape index (κ3) is 2.91. The zero-order valence-electron chi connectivity index (χ0n) is 10.5. The molecule has 2 heterocycles. The van der Waals surface area contributed by atoms with E-state index in [1.165, 1.54) is 0 Å². The van der Waals surface area contributed by atoms with E-state index in [4.69, 9.17) is 15.0 Å². The van der Waals surface area contributed by atoms with E-state index < -0.39 is 0 Å². The molecular weight excluding hydrogens is 232 g/mol. The Kier molecular flexibility index (Phi) is 4.01. The average molecular weight is 248 g/mol. The highest BCUT2D eigenvalue weighted by atomic mass is 16.5. The summed E-state index contributed by atoms with van der Waals surface area (Å²) >= 11 is 0. The molecule has 18 heavy (non-hydrogen) atoms. The number of rotatable bonds is 5. The van der Waals surface area contributed by atoms with E-state index in [9.17, 15) is 0 Å². The molecule has 1 atom stereocenters. The lowest BCUT2D eigenvalue weighted by Gasteiger charge is -2.05. The lowest BCUT2D eigenvalue weighted by Crippen LogP contribution is -2.18. The molecule has 1 unspecified atom stereocenters. The number of aromatic nitrogens is 3. The highest BCUT2D eigenvalue weighted by molar-refractivity contribution is 5.50. The molecule has 0 fully saturated rings. The summed E-state index contributed by atoms with van der Waals surface area (Å²) in [4.78, 5) is 8.42. The third-order valence-corrected chi connectivity index (χ3v) is 2.43. The fraction of sp³-hybridized carbons (Fsp3) is 0.417. The molecular formula is C12H16N4O2. The first-order valence-electron chi connectivity index (χ1n) is 5.80. The highest BCUT2D eigenvalue weighted by Crippen LogP contribution is 2.18. The van der Waals surface area contributed by atoms with Crippen molar-refractivity contribution >= 4 is 0 Å². The Morgan fingerprint density at radius 1 is 1.44 bits per heavy atom. The minimum atomic E-state index is -0.374. The largest absolute Gasteiger partial charge is 0.380 e.